The molecule has 4 rings (SSSR count). The lowest BCUT2D eigenvalue weighted by molar-refractivity contribution is -0.140. The third-order valence-corrected chi connectivity index (χ3v) is 6.41. The zero-order valence-electron chi connectivity index (χ0n) is 18.5. The molecule has 2 saturated heterocycles. The number of hydrogen-bond donors (Lipinski definition) is 1. The maximum absolute atomic E-state index is 13.2. The minimum absolute atomic E-state index is 0.0477. The number of aliphatic hydroxyl groups is 1. The molecule has 1 N–H and O–H groups in total. The van der Waals surface area contributed by atoms with Gasteiger partial charge in [0.15, 0.2) is 11.5 Å². The van der Waals surface area contributed by atoms with Crippen LogP contribution < -0.4 is 9.47 Å². The largest absolute Gasteiger partial charge is 0.507 e. The van der Waals surface area contributed by atoms with E-state index in [0.717, 1.165) is 17.3 Å². The molecule has 2 aromatic rings. The SMILES string of the molecule is CCOc1ccc(C2C(=C(O)c3ccc(Br)cc3)C(=O)C(=O)N2CC2CCCO2)cc1OC. The summed E-state index contributed by atoms with van der Waals surface area (Å²) >= 11 is 3.38. The summed E-state index contributed by atoms with van der Waals surface area (Å²) in [5.74, 6) is -0.532. The van der Waals surface area contributed by atoms with Gasteiger partial charge in [-0.2, -0.15) is 0 Å². The number of hydrogen-bond acceptors (Lipinski definition) is 6. The van der Waals surface area contributed by atoms with E-state index in [0.29, 0.717) is 35.8 Å². The van der Waals surface area contributed by atoms with E-state index >= 15 is 0 Å². The van der Waals surface area contributed by atoms with Gasteiger partial charge in [-0.3, -0.25) is 9.59 Å². The highest BCUT2D eigenvalue weighted by atomic mass is 79.9. The topological polar surface area (TPSA) is 85.3 Å². The lowest BCUT2D eigenvalue weighted by Gasteiger charge is -2.28. The van der Waals surface area contributed by atoms with Gasteiger partial charge < -0.3 is 24.2 Å². The Hall–Kier alpha value is -2.84. The van der Waals surface area contributed by atoms with Crippen LogP contribution in [0.4, 0.5) is 0 Å². The Bertz CT molecular complexity index is 1070. The molecule has 2 fully saturated rings. The number of rotatable bonds is 7. The number of aliphatic hydroxyl groups excluding tert-OH is 1. The van der Waals surface area contributed by atoms with E-state index in [-0.39, 0.29) is 24.0 Å². The molecule has 33 heavy (non-hydrogen) atoms. The Morgan fingerprint density at radius 2 is 1.94 bits per heavy atom. The van der Waals surface area contributed by atoms with Crippen LogP contribution >= 0.6 is 15.9 Å². The van der Waals surface area contributed by atoms with Crippen LogP contribution in [0.2, 0.25) is 0 Å². The minimum atomic E-state index is -0.776. The highest BCUT2D eigenvalue weighted by Gasteiger charge is 2.47. The van der Waals surface area contributed by atoms with Crippen molar-refractivity contribution < 1.29 is 28.9 Å². The number of methoxy groups -OCH3 is 1. The summed E-state index contributed by atoms with van der Waals surface area (Å²) in [4.78, 5) is 27.8. The Morgan fingerprint density at radius 3 is 2.58 bits per heavy atom. The number of halogens is 1. The molecule has 0 saturated carbocycles. The van der Waals surface area contributed by atoms with E-state index in [1.807, 2.05) is 6.92 Å². The minimum Gasteiger partial charge on any atom is -0.507 e. The van der Waals surface area contributed by atoms with E-state index in [4.69, 9.17) is 14.2 Å². The van der Waals surface area contributed by atoms with Crippen molar-refractivity contribution in [1.29, 1.82) is 0 Å². The second-order valence-corrected chi connectivity index (χ2v) is 8.85. The van der Waals surface area contributed by atoms with Gasteiger partial charge in [0.05, 0.1) is 31.4 Å². The van der Waals surface area contributed by atoms with Crippen molar-refractivity contribution in [3.63, 3.8) is 0 Å². The molecule has 2 aromatic carbocycles. The summed E-state index contributed by atoms with van der Waals surface area (Å²) in [6.07, 6.45) is 1.58. The molecule has 2 aliphatic heterocycles. The van der Waals surface area contributed by atoms with Crippen molar-refractivity contribution >= 4 is 33.4 Å². The summed E-state index contributed by atoms with van der Waals surface area (Å²) in [5.41, 5.74) is 1.15. The van der Waals surface area contributed by atoms with Gasteiger partial charge in [-0.05, 0) is 49.6 Å². The van der Waals surface area contributed by atoms with Gasteiger partial charge in [-0.25, -0.2) is 0 Å². The van der Waals surface area contributed by atoms with Gasteiger partial charge in [0.25, 0.3) is 11.7 Å². The van der Waals surface area contributed by atoms with Crippen LogP contribution in [-0.2, 0) is 14.3 Å². The van der Waals surface area contributed by atoms with Gasteiger partial charge in [-0.1, -0.05) is 34.1 Å². The average Bonchev–Trinajstić information content (AvgIpc) is 3.42. The average molecular weight is 516 g/mol. The van der Waals surface area contributed by atoms with Crippen LogP contribution in [0.1, 0.15) is 36.9 Å². The Labute approximate surface area is 201 Å². The fourth-order valence-electron chi connectivity index (χ4n) is 4.31. The molecule has 0 spiro atoms. The maximum atomic E-state index is 13.2. The van der Waals surface area contributed by atoms with Gasteiger partial charge in [0.1, 0.15) is 5.76 Å². The molecule has 2 unspecified atom stereocenters. The fraction of sp³-hybridized carbons (Fsp3) is 0.360. The number of carbonyl (C=O) groups is 2. The van der Waals surface area contributed by atoms with Crippen LogP contribution in [0, 0.1) is 0 Å². The zero-order valence-corrected chi connectivity index (χ0v) is 20.1. The summed E-state index contributed by atoms with van der Waals surface area (Å²) in [6, 6.07) is 11.5. The lowest BCUT2D eigenvalue weighted by Crippen LogP contribution is -2.36. The van der Waals surface area contributed by atoms with Gasteiger partial charge in [-0.15, -0.1) is 0 Å². The van der Waals surface area contributed by atoms with Crippen molar-refractivity contribution in [2.75, 3.05) is 26.9 Å². The smallest absolute Gasteiger partial charge is 0.295 e. The van der Waals surface area contributed by atoms with E-state index in [1.165, 1.54) is 12.0 Å². The molecule has 0 aromatic heterocycles. The molecular weight excluding hydrogens is 490 g/mol. The molecule has 2 atom stereocenters. The molecule has 7 nitrogen and oxygen atoms in total. The van der Waals surface area contributed by atoms with Crippen LogP contribution in [0.15, 0.2) is 52.5 Å². The number of nitrogens with zero attached hydrogens (tertiary/aromatic N) is 1. The first kappa shape index (κ1) is 23.3. The number of carbonyl (C=O) groups excluding carboxylic acids is 2. The second kappa shape index (κ2) is 9.97. The van der Waals surface area contributed by atoms with Gasteiger partial charge in [0.2, 0.25) is 0 Å². The molecule has 174 valence electrons. The molecule has 0 bridgehead atoms. The normalized spacial score (nSPS) is 22.1. The first-order valence-corrected chi connectivity index (χ1v) is 11.7. The van der Waals surface area contributed by atoms with Crippen LogP contribution in [0.5, 0.6) is 11.5 Å². The molecule has 0 radical (unpaired) electrons. The monoisotopic (exact) mass is 515 g/mol. The summed E-state index contributed by atoms with van der Waals surface area (Å²) in [7, 11) is 1.53. The van der Waals surface area contributed by atoms with Crippen LogP contribution in [0.3, 0.4) is 0 Å². The van der Waals surface area contributed by atoms with E-state index in [9.17, 15) is 14.7 Å². The number of Topliss-reactive ketones (excluding diaryl/α,β-unsaturated/α-hetero) is 1. The Morgan fingerprint density at radius 1 is 1.18 bits per heavy atom. The number of ketones is 1. The Balaban J connectivity index is 1.83. The van der Waals surface area contributed by atoms with Crippen molar-refractivity contribution in [3.05, 3.63) is 63.6 Å². The molecule has 2 heterocycles. The quantitative estimate of drug-likeness (QED) is 0.333. The van der Waals surface area contributed by atoms with Crippen molar-refractivity contribution in [3.8, 4) is 11.5 Å². The molecule has 0 aliphatic carbocycles. The second-order valence-electron chi connectivity index (χ2n) is 7.94. The van der Waals surface area contributed by atoms with E-state index in [2.05, 4.69) is 15.9 Å². The third-order valence-electron chi connectivity index (χ3n) is 5.89. The molecule has 8 heteroatoms. The molecule has 1 amide bonds. The third kappa shape index (κ3) is 4.63. The van der Waals surface area contributed by atoms with Crippen molar-refractivity contribution in [1.82, 2.24) is 4.90 Å². The zero-order chi connectivity index (χ0) is 23.5. The standard InChI is InChI=1S/C25H26BrNO6/c1-3-32-19-11-8-16(13-20(19)31-2)22-21(23(28)15-6-9-17(26)10-7-15)24(29)25(30)27(22)14-18-5-4-12-33-18/h6-11,13,18,22,28H,3-5,12,14H2,1-2H3. The van der Waals surface area contributed by atoms with E-state index in [1.54, 1.807) is 42.5 Å². The summed E-state index contributed by atoms with van der Waals surface area (Å²) in [6.45, 7) is 3.25. The lowest BCUT2D eigenvalue weighted by atomic mass is 9.95. The van der Waals surface area contributed by atoms with Crippen molar-refractivity contribution in [2.24, 2.45) is 0 Å². The number of ether oxygens (including phenoxy) is 3. The van der Waals surface area contributed by atoms with Gasteiger partial charge in [0, 0.05) is 23.2 Å². The highest BCUT2D eigenvalue weighted by Crippen LogP contribution is 2.42. The fourth-order valence-corrected chi connectivity index (χ4v) is 4.58. The molecule has 2 aliphatic rings. The summed E-state index contributed by atoms with van der Waals surface area (Å²) in [5, 5.41) is 11.2. The van der Waals surface area contributed by atoms with Gasteiger partial charge >= 0.3 is 0 Å². The maximum Gasteiger partial charge on any atom is 0.295 e. The molecular formula is C25H26BrNO6. The number of amides is 1. The first-order valence-electron chi connectivity index (χ1n) is 10.9. The Kier molecular flexibility index (Phi) is 7.05. The highest BCUT2D eigenvalue weighted by molar-refractivity contribution is 9.10. The summed E-state index contributed by atoms with van der Waals surface area (Å²) < 4.78 is 17.7. The van der Waals surface area contributed by atoms with E-state index < -0.39 is 17.7 Å². The first-order chi connectivity index (χ1) is 15.9. The number of likely N-dealkylation sites (tertiary alicyclic amines) is 1. The predicted molar refractivity (Wildman–Crippen MR) is 126 cm³/mol. The number of benzene rings is 2. The van der Waals surface area contributed by atoms with Crippen molar-refractivity contribution in [2.45, 2.75) is 31.9 Å². The predicted octanol–water partition coefficient (Wildman–Crippen LogP) is 4.46. The van der Waals surface area contributed by atoms with Crippen LogP contribution in [0.25, 0.3) is 5.76 Å². The van der Waals surface area contributed by atoms with Crippen LogP contribution in [-0.4, -0.2) is 54.7 Å².